The van der Waals surface area contributed by atoms with Crippen LogP contribution in [0.5, 0.6) is 0 Å². The smallest absolute Gasteiger partial charge is 0.324 e. The molecule has 2 heterocycles. The van der Waals surface area contributed by atoms with Crippen molar-refractivity contribution in [3.8, 4) is 0 Å². The van der Waals surface area contributed by atoms with Crippen molar-refractivity contribution in [2.24, 2.45) is 13.0 Å². The first-order valence-electron chi connectivity index (χ1n) is 8.92. The number of carbonyl (C=O) groups excluding carboxylic acids is 2. The Morgan fingerprint density at radius 1 is 0.926 bits per heavy atom. The number of hydrogen-bond donors (Lipinski definition) is 0. The fourth-order valence-corrected chi connectivity index (χ4v) is 3.83. The minimum Gasteiger partial charge on any atom is -0.422 e. The second kappa shape index (κ2) is 6.27. The largest absolute Gasteiger partial charge is 0.422 e. The normalized spacial score (nSPS) is 18.2. The van der Waals surface area contributed by atoms with Crippen molar-refractivity contribution in [3.63, 3.8) is 0 Å². The standard InChI is InChI=1S/C22H21NO4/c1-22(2)26-20(24)19(21(25)27-22)18(14-9-5-4-6-10-14)16-13-23(3)17-12-8-7-11-15(16)17/h4-13,18-19H,1-3H3. The third-order valence-electron chi connectivity index (χ3n) is 4.96. The Balaban J connectivity index is 1.91. The lowest BCUT2D eigenvalue weighted by atomic mass is 9.80. The Morgan fingerprint density at radius 3 is 2.19 bits per heavy atom. The van der Waals surface area contributed by atoms with Gasteiger partial charge in [-0.15, -0.1) is 0 Å². The van der Waals surface area contributed by atoms with Gasteiger partial charge in [0.15, 0.2) is 5.92 Å². The van der Waals surface area contributed by atoms with Crippen LogP contribution in [0.3, 0.4) is 0 Å². The van der Waals surface area contributed by atoms with E-state index in [1.54, 1.807) is 13.8 Å². The monoisotopic (exact) mass is 363 g/mol. The van der Waals surface area contributed by atoms with Crippen LogP contribution in [0.15, 0.2) is 60.8 Å². The molecule has 0 saturated carbocycles. The van der Waals surface area contributed by atoms with Gasteiger partial charge in [0.25, 0.3) is 5.79 Å². The first-order chi connectivity index (χ1) is 12.9. The van der Waals surface area contributed by atoms with E-state index in [1.165, 1.54) is 0 Å². The molecule has 3 aromatic rings. The van der Waals surface area contributed by atoms with Gasteiger partial charge in [0.05, 0.1) is 0 Å². The maximum absolute atomic E-state index is 12.8. The summed E-state index contributed by atoms with van der Waals surface area (Å²) in [7, 11) is 1.95. The van der Waals surface area contributed by atoms with Gasteiger partial charge < -0.3 is 14.0 Å². The molecule has 1 fully saturated rings. The molecule has 0 spiro atoms. The molecule has 2 aromatic carbocycles. The molecule has 1 aromatic heterocycles. The molecule has 5 nitrogen and oxygen atoms in total. The van der Waals surface area contributed by atoms with E-state index in [0.29, 0.717) is 0 Å². The lowest BCUT2D eigenvalue weighted by Crippen LogP contribution is -2.48. The molecular formula is C22H21NO4. The van der Waals surface area contributed by atoms with Crippen molar-refractivity contribution in [3.05, 3.63) is 71.9 Å². The number of hydrogen-bond acceptors (Lipinski definition) is 4. The van der Waals surface area contributed by atoms with E-state index in [-0.39, 0.29) is 0 Å². The number of aryl methyl sites for hydroxylation is 1. The summed E-state index contributed by atoms with van der Waals surface area (Å²) in [6.07, 6.45) is 1.97. The Morgan fingerprint density at radius 2 is 1.52 bits per heavy atom. The summed E-state index contributed by atoms with van der Waals surface area (Å²) in [6, 6.07) is 17.5. The number of ether oxygens (including phenoxy) is 2. The fraction of sp³-hybridized carbons (Fsp3) is 0.273. The fourth-order valence-electron chi connectivity index (χ4n) is 3.83. The lowest BCUT2D eigenvalue weighted by Gasteiger charge is -2.36. The van der Waals surface area contributed by atoms with Crippen molar-refractivity contribution in [1.29, 1.82) is 0 Å². The van der Waals surface area contributed by atoms with Crippen molar-refractivity contribution >= 4 is 22.8 Å². The molecule has 5 heteroatoms. The summed E-state index contributed by atoms with van der Waals surface area (Å²) in [4.78, 5) is 25.6. The summed E-state index contributed by atoms with van der Waals surface area (Å²) in [5.74, 6) is -3.90. The number of fused-ring (bicyclic) bond motifs is 1. The Hall–Kier alpha value is -3.08. The summed E-state index contributed by atoms with van der Waals surface area (Å²) < 4.78 is 12.8. The maximum Gasteiger partial charge on any atom is 0.324 e. The van der Waals surface area contributed by atoms with Gasteiger partial charge >= 0.3 is 11.9 Å². The number of nitrogens with zero attached hydrogens (tertiary/aromatic N) is 1. The van der Waals surface area contributed by atoms with E-state index in [2.05, 4.69) is 0 Å². The molecule has 27 heavy (non-hydrogen) atoms. The predicted molar refractivity (Wildman–Crippen MR) is 101 cm³/mol. The highest BCUT2D eigenvalue weighted by Crippen LogP contribution is 2.41. The summed E-state index contributed by atoms with van der Waals surface area (Å²) in [5, 5.41) is 0.999. The highest BCUT2D eigenvalue weighted by Gasteiger charge is 2.48. The van der Waals surface area contributed by atoms with Gasteiger partial charge in [-0.1, -0.05) is 48.5 Å². The molecule has 1 saturated heterocycles. The van der Waals surface area contributed by atoms with Crippen LogP contribution >= 0.6 is 0 Å². The van der Waals surface area contributed by atoms with Crippen LogP contribution in [-0.4, -0.2) is 22.3 Å². The topological polar surface area (TPSA) is 57.5 Å². The van der Waals surface area contributed by atoms with Crippen molar-refractivity contribution in [2.75, 3.05) is 0 Å². The zero-order chi connectivity index (χ0) is 19.2. The van der Waals surface area contributed by atoms with Gasteiger partial charge in [0.2, 0.25) is 0 Å². The van der Waals surface area contributed by atoms with Crippen LogP contribution in [0, 0.1) is 5.92 Å². The third kappa shape index (κ3) is 2.99. The van der Waals surface area contributed by atoms with Crippen molar-refractivity contribution in [2.45, 2.75) is 25.6 Å². The van der Waals surface area contributed by atoms with Crippen molar-refractivity contribution < 1.29 is 19.1 Å². The van der Waals surface area contributed by atoms with Crippen LogP contribution in [0.25, 0.3) is 10.9 Å². The third-order valence-corrected chi connectivity index (χ3v) is 4.96. The number of rotatable bonds is 3. The molecule has 0 aliphatic carbocycles. The molecule has 138 valence electrons. The molecular weight excluding hydrogens is 342 g/mol. The summed E-state index contributed by atoms with van der Waals surface area (Å²) in [5.41, 5.74) is 2.80. The Kier molecular flexibility index (Phi) is 4.02. The maximum atomic E-state index is 12.8. The quantitative estimate of drug-likeness (QED) is 0.525. The first kappa shape index (κ1) is 17.3. The number of para-hydroxylation sites is 1. The molecule has 1 atom stereocenters. The summed E-state index contributed by atoms with van der Waals surface area (Å²) in [6.45, 7) is 3.13. The molecule has 0 N–H and O–H groups in total. The number of benzene rings is 2. The molecule has 1 aliphatic rings. The van der Waals surface area contributed by atoms with E-state index >= 15 is 0 Å². The van der Waals surface area contributed by atoms with Gasteiger partial charge in [-0.3, -0.25) is 9.59 Å². The molecule has 1 unspecified atom stereocenters. The van der Waals surface area contributed by atoms with Crippen LogP contribution in [0.1, 0.15) is 30.9 Å². The SMILES string of the molecule is Cn1cc(C(c2ccccc2)C2C(=O)OC(C)(C)OC2=O)c2ccccc21. The van der Waals surface area contributed by atoms with Gasteiger partial charge in [0, 0.05) is 43.9 Å². The molecule has 0 radical (unpaired) electrons. The second-order valence-corrected chi connectivity index (χ2v) is 7.32. The van der Waals surface area contributed by atoms with Crippen LogP contribution in [-0.2, 0) is 26.1 Å². The average molecular weight is 363 g/mol. The summed E-state index contributed by atoms with van der Waals surface area (Å²) >= 11 is 0. The number of aromatic nitrogens is 1. The number of cyclic esters (lactones) is 2. The molecule has 0 bridgehead atoms. The highest BCUT2D eigenvalue weighted by molar-refractivity contribution is 5.99. The predicted octanol–water partition coefficient (Wildman–Crippen LogP) is 3.76. The van der Waals surface area contributed by atoms with Gasteiger partial charge in [-0.05, 0) is 17.2 Å². The lowest BCUT2D eigenvalue weighted by molar-refractivity contribution is -0.240. The average Bonchev–Trinajstić information content (AvgIpc) is 2.95. The number of esters is 2. The van der Waals surface area contributed by atoms with E-state index in [4.69, 9.17) is 9.47 Å². The first-order valence-corrected chi connectivity index (χ1v) is 8.92. The molecule has 1 aliphatic heterocycles. The van der Waals surface area contributed by atoms with Crippen LogP contribution in [0.4, 0.5) is 0 Å². The Bertz CT molecular complexity index is 999. The number of carbonyl (C=O) groups is 2. The minimum atomic E-state index is -1.25. The zero-order valence-corrected chi connectivity index (χ0v) is 15.5. The Labute approximate surface area is 157 Å². The minimum absolute atomic E-state index is 0.492. The van der Waals surface area contributed by atoms with E-state index < -0.39 is 29.6 Å². The zero-order valence-electron chi connectivity index (χ0n) is 15.5. The molecule has 4 rings (SSSR count). The molecule has 0 amide bonds. The second-order valence-electron chi connectivity index (χ2n) is 7.32. The van der Waals surface area contributed by atoms with E-state index in [0.717, 1.165) is 22.0 Å². The highest BCUT2D eigenvalue weighted by atomic mass is 16.7. The van der Waals surface area contributed by atoms with Gasteiger partial charge in [0.1, 0.15) is 0 Å². The van der Waals surface area contributed by atoms with Crippen LogP contribution in [0.2, 0.25) is 0 Å². The van der Waals surface area contributed by atoms with Gasteiger partial charge in [-0.2, -0.15) is 0 Å². The van der Waals surface area contributed by atoms with E-state index in [9.17, 15) is 9.59 Å². The van der Waals surface area contributed by atoms with Gasteiger partial charge in [-0.25, -0.2) is 0 Å². The van der Waals surface area contributed by atoms with E-state index in [1.807, 2.05) is 72.4 Å². The van der Waals surface area contributed by atoms with Crippen LogP contribution < -0.4 is 0 Å². The van der Waals surface area contributed by atoms with Crippen molar-refractivity contribution in [1.82, 2.24) is 4.57 Å².